The van der Waals surface area contributed by atoms with Crippen molar-refractivity contribution in [2.75, 3.05) is 18.6 Å². The van der Waals surface area contributed by atoms with E-state index in [0.29, 0.717) is 17.7 Å². The summed E-state index contributed by atoms with van der Waals surface area (Å²) in [4.78, 5) is 34.2. The van der Waals surface area contributed by atoms with Crippen LogP contribution in [-0.2, 0) is 20.7 Å². The number of carbonyl (C=O) groups excluding carboxylic acids is 2. The maximum absolute atomic E-state index is 12.1. The van der Waals surface area contributed by atoms with Gasteiger partial charge in [0.2, 0.25) is 5.91 Å². The predicted molar refractivity (Wildman–Crippen MR) is 88.4 cm³/mol. The highest BCUT2D eigenvalue weighted by Crippen LogP contribution is 2.13. The normalized spacial score (nSPS) is 11.6. The minimum absolute atomic E-state index is 0.0309. The van der Waals surface area contributed by atoms with Crippen molar-refractivity contribution in [1.29, 1.82) is 0 Å². The molecular weight excluding hydrogens is 320 g/mol. The number of non-ortho nitro benzene ring substituents is 1. The van der Waals surface area contributed by atoms with Crippen molar-refractivity contribution in [2.24, 2.45) is 0 Å². The van der Waals surface area contributed by atoms with Crippen molar-refractivity contribution in [2.45, 2.75) is 25.8 Å². The van der Waals surface area contributed by atoms with Gasteiger partial charge in [0.1, 0.15) is 6.04 Å². The number of esters is 1. The van der Waals surface area contributed by atoms with E-state index in [1.54, 1.807) is 24.8 Å². The maximum Gasteiger partial charge on any atom is 0.328 e. The first-order valence-electron chi connectivity index (χ1n) is 7.16. The monoisotopic (exact) mass is 340 g/mol. The molecule has 0 radical (unpaired) electrons. The molecule has 1 N–H and O–H groups in total. The van der Waals surface area contributed by atoms with Crippen molar-refractivity contribution in [3.05, 3.63) is 39.9 Å². The number of ether oxygens (including phenoxy) is 1. The largest absolute Gasteiger partial charge is 0.464 e. The van der Waals surface area contributed by atoms with Crippen LogP contribution in [0.3, 0.4) is 0 Å². The molecule has 1 atom stereocenters. The summed E-state index contributed by atoms with van der Waals surface area (Å²) in [6.45, 7) is 1.95. The fraction of sp³-hybridized carbons (Fsp3) is 0.467. The fourth-order valence-electron chi connectivity index (χ4n) is 1.94. The van der Waals surface area contributed by atoms with Gasteiger partial charge in [-0.1, -0.05) is 12.1 Å². The molecule has 0 bridgehead atoms. The Bertz CT molecular complexity index is 565. The molecule has 0 aliphatic rings. The third-order valence-electron chi connectivity index (χ3n) is 3.00. The van der Waals surface area contributed by atoms with Crippen LogP contribution in [-0.4, -0.2) is 41.5 Å². The summed E-state index contributed by atoms with van der Waals surface area (Å²) in [5, 5.41) is 13.4. The number of hydrogen-bond acceptors (Lipinski definition) is 6. The maximum atomic E-state index is 12.1. The second kappa shape index (κ2) is 9.83. The Kier molecular flexibility index (Phi) is 8.10. The number of nitrogens with one attached hydrogen (secondary N) is 1. The molecule has 0 aromatic heterocycles. The van der Waals surface area contributed by atoms with Gasteiger partial charge in [-0.3, -0.25) is 14.9 Å². The van der Waals surface area contributed by atoms with Crippen LogP contribution >= 0.6 is 11.8 Å². The molecule has 1 aromatic rings. The van der Waals surface area contributed by atoms with Gasteiger partial charge < -0.3 is 10.1 Å². The van der Waals surface area contributed by atoms with Gasteiger partial charge in [-0.2, -0.15) is 11.8 Å². The Morgan fingerprint density at radius 2 is 2.17 bits per heavy atom. The minimum Gasteiger partial charge on any atom is -0.464 e. The predicted octanol–water partition coefficient (Wildman–Crippen LogP) is 1.94. The lowest BCUT2D eigenvalue weighted by molar-refractivity contribution is -0.384. The van der Waals surface area contributed by atoms with Gasteiger partial charge >= 0.3 is 5.97 Å². The van der Waals surface area contributed by atoms with Gasteiger partial charge in [-0.05, 0) is 30.9 Å². The summed E-state index contributed by atoms with van der Waals surface area (Å²) in [7, 11) is 0. The van der Waals surface area contributed by atoms with Crippen molar-refractivity contribution >= 4 is 29.3 Å². The van der Waals surface area contributed by atoms with E-state index < -0.39 is 16.9 Å². The summed E-state index contributed by atoms with van der Waals surface area (Å²) in [6, 6.07) is 5.17. The number of benzene rings is 1. The molecule has 1 unspecified atom stereocenters. The van der Waals surface area contributed by atoms with Crippen molar-refractivity contribution in [3.63, 3.8) is 0 Å². The van der Waals surface area contributed by atoms with Crippen LogP contribution in [0.25, 0.3) is 0 Å². The molecule has 1 aromatic carbocycles. The van der Waals surface area contributed by atoms with Gasteiger partial charge in [0.05, 0.1) is 18.0 Å². The quantitative estimate of drug-likeness (QED) is 0.419. The molecule has 0 fully saturated rings. The average molecular weight is 340 g/mol. The van der Waals surface area contributed by atoms with Crippen molar-refractivity contribution in [3.8, 4) is 0 Å². The fourth-order valence-corrected chi connectivity index (χ4v) is 2.41. The molecule has 0 saturated heterocycles. The van der Waals surface area contributed by atoms with E-state index in [0.717, 1.165) is 0 Å². The van der Waals surface area contributed by atoms with Crippen LogP contribution < -0.4 is 5.32 Å². The molecule has 0 saturated carbocycles. The van der Waals surface area contributed by atoms with E-state index in [-0.39, 0.29) is 24.6 Å². The number of hydrogen-bond donors (Lipinski definition) is 1. The smallest absolute Gasteiger partial charge is 0.328 e. The highest BCUT2D eigenvalue weighted by molar-refractivity contribution is 7.98. The number of nitro groups is 1. The van der Waals surface area contributed by atoms with Gasteiger partial charge in [-0.25, -0.2) is 4.79 Å². The first-order chi connectivity index (χ1) is 11.0. The Morgan fingerprint density at radius 1 is 1.43 bits per heavy atom. The number of nitro benzene ring substituents is 1. The minimum atomic E-state index is -0.700. The second-order valence-corrected chi connectivity index (χ2v) is 5.74. The van der Waals surface area contributed by atoms with Gasteiger partial charge in [0.25, 0.3) is 5.69 Å². The lowest BCUT2D eigenvalue weighted by Gasteiger charge is -2.16. The van der Waals surface area contributed by atoms with E-state index in [2.05, 4.69) is 5.32 Å². The zero-order chi connectivity index (χ0) is 17.2. The molecule has 1 amide bonds. The molecule has 23 heavy (non-hydrogen) atoms. The molecule has 0 aliphatic carbocycles. The lowest BCUT2D eigenvalue weighted by Crippen LogP contribution is -2.43. The Hall–Kier alpha value is -2.09. The lowest BCUT2D eigenvalue weighted by atomic mass is 10.1. The number of carbonyl (C=O) groups is 2. The molecule has 1 rings (SSSR count). The number of rotatable bonds is 9. The zero-order valence-corrected chi connectivity index (χ0v) is 13.9. The van der Waals surface area contributed by atoms with E-state index >= 15 is 0 Å². The third-order valence-corrected chi connectivity index (χ3v) is 3.65. The third kappa shape index (κ3) is 6.68. The Morgan fingerprint density at radius 3 is 2.78 bits per heavy atom. The van der Waals surface area contributed by atoms with Crippen LogP contribution in [0, 0.1) is 10.1 Å². The molecule has 0 spiro atoms. The van der Waals surface area contributed by atoms with Gasteiger partial charge in [0.15, 0.2) is 0 Å². The van der Waals surface area contributed by atoms with E-state index in [1.165, 1.54) is 18.2 Å². The zero-order valence-electron chi connectivity index (χ0n) is 13.1. The summed E-state index contributed by atoms with van der Waals surface area (Å²) >= 11 is 1.57. The summed E-state index contributed by atoms with van der Waals surface area (Å²) < 4.78 is 4.95. The molecule has 0 heterocycles. The van der Waals surface area contributed by atoms with Crippen LogP contribution in [0.15, 0.2) is 24.3 Å². The van der Waals surface area contributed by atoms with Crippen molar-refractivity contribution < 1.29 is 19.2 Å². The summed E-state index contributed by atoms with van der Waals surface area (Å²) in [6.07, 6.45) is 2.35. The topological polar surface area (TPSA) is 98.5 Å². The van der Waals surface area contributed by atoms with Crippen LogP contribution in [0.1, 0.15) is 18.9 Å². The molecule has 0 aliphatic heterocycles. The van der Waals surface area contributed by atoms with Gasteiger partial charge in [0, 0.05) is 12.1 Å². The molecular formula is C15H20N2O5S. The van der Waals surface area contributed by atoms with E-state index in [1.807, 2.05) is 6.26 Å². The average Bonchev–Trinajstić information content (AvgIpc) is 2.51. The molecule has 7 nitrogen and oxygen atoms in total. The summed E-state index contributed by atoms with van der Waals surface area (Å²) in [5.74, 6) is -0.126. The first kappa shape index (κ1) is 19.0. The standard InChI is InChI=1S/C15H20N2O5S/c1-3-22-15(19)13(7-8-23-2)16-14(18)10-11-5-4-6-12(9-11)17(20)21/h4-6,9,13H,3,7-8,10H2,1-2H3,(H,16,18). The number of thioether (sulfide) groups is 1. The molecule has 8 heteroatoms. The highest BCUT2D eigenvalue weighted by atomic mass is 32.2. The Labute approximate surface area is 138 Å². The first-order valence-corrected chi connectivity index (χ1v) is 8.55. The SMILES string of the molecule is CCOC(=O)C(CCSC)NC(=O)Cc1cccc([N+](=O)[O-])c1. The van der Waals surface area contributed by atoms with Gasteiger partial charge in [-0.15, -0.1) is 0 Å². The second-order valence-electron chi connectivity index (χ2n) is 4.76. The summed E-state index contributed by atoms with van der Waals surface area (Å²) in [5.41, 5.74) is 0.448. The van der Waals surface area contributed by atoms with E-state index in [4.69, 9.17) is 4.74 Å². The highest BCUT2D eigenvalue weighted by Gasteiger charge is 2.21. The molecule has 126 valence electrons. The van der Waals surface area contributed by atoms with Crippen molar-refractivity contribution in [1.82, 2.24) is 5.32 Å². The van der Waals surface area contributed by atoms with E-state index in [9.17, 15) is 19.7 Å². The number of nitrogens with zero attached hydrogens (tertiary/aromatic N) is 1. The van der Waals surface area contributed by atoms with Crippen LogP contribution in [0.2, 0.25) is 0 Å². The Balaban J connectivity index is 2.69. The number of amides is 1. The van der Waals surface area contributed by atoms with Crippen LogP contribution in [0.4, 0.5) is 5.69 Å². The van der Waals surface area contributed by atoms with Crippen LogP contribution in [0.5, 0.6) is 0 Å².